The van der Waals surface area contributed by atoms with Gasteiger partial charge < -0.3 is 5.11 Å². The van der Waals surface area contributed by atoms with E-state index in [0.717, 1.165) is 0 Å². The first-order valence-corrected chi connectivity index (χ1v) is 5.93. The van der Waals surface area contributed by atoms with E-state index in [2.05, 4.69) is 0 Å². The number of alkyl halides is 1. The predicted octanol–water partition coefficient (Wildman–Crippen LogP) is 2.67. The molecule has 104 valence electrons. The van der Waals surface area contributed by atoms with Gasteiger partial charge in [-0.05, 0) is 11.1 Å². The largest absolute Gasteiger partial charge is 0.479 e. The Bertz CT molecular complexity index is 623. The van der Waals surface area contributed by atoms with Crippen LogP contribution in [0.2, 0.25) is 0 Å². The highest BCUT2D eigenvalue weighted by atomic mass is 19.1. The van der Waals surface area contributed by atoms with Crippen LogP contribution in [0, 0.1) is 16.0 Å². The van der Waals surface area contributed by atoms with Crippen LogP contribution < -0.4 is 0 Å². The van der Waals surface area contributed by atoms with Crippen molar-refractivity contribution in [3.63, 3.8) is 0 Å². The Balaban J connectivity index is 2.60. The van der Waals surface area contributed by atoms with Crippen LogP contribution in [0.15, 0.2) is 48.2 Å². The Morgan fingerprint density at radius 2 is 2.00 bits per heavy atom. The molecule has 1 aliphatic rings. The van der Waals surface area contributed by atoms with Gasteiger partial charge in [-0.3, -0.25) is 10.1 Å². The van der Waals surface area contributed by atoms with E-state index in [9.17, 15) is 19.3 Å². The predicted molar refractivity (Wildman–Crippen MR) is 70.1 cm³/mol. The fraction of sp³-hybridized carbons (Fsp3) is 0.214. The summed E-state index contributed by atoms with van der Waals surface area (Å²) >= 11 is 0. The smallest absolute Gasteiger partial charge is 0.346 e. The van der Waals surface area contributed by atoms with Crippen molar-refractivity contribution < 1.29 is 19.2 Å². The number of nitrogens with zero attached hydrogens (tertiary/aromatic N) is 1. The SMILES string of the molecule is CC1C(c2ccccc2)=CC([N+](=O)[O-])=CC1(F)C(=O)O. The lowest BCUT2D eigenvalue weighted by molar-refractivity contribution is -0.420. The van der Waals surface area contributed by atoms with Gasteiger partial charge >= 0.3 is 5.97 Å². The van der Waals surface area contributed by atoms with Gasteiger partial charge in [-0.25, -0.2) is 9.18 Å². The maximum atomic E-state index is 14.6. The number of nitro groups is 1. The lowest BCUT2D eigenvalue weighted by Gasteiger charge is -2.29. The van der Waals surface area contributed by atoms with Gasteiger partial charge in [0.25, 0.3) is 5.70 Å². The molecule has 2 rings (SSSR count). The molecule has 20 heavy (non-hydrogen) atoms. The zero-order chi connectivity index (χ0) is 14.9. The van der Waals surface area contributed by atoms with E-state index < -0.39 is 28.2 Å². The first-order chi connectivity index (χ1) is 9.36. The molecule has 0 radical (unpaired) electrons. The molecule has 1 aromatic rings. The second kappa shape index (κ2) is 4.88. The zero-order valence-corrected chi connectivity index (χ0v) is 10.6. The molecule has 2 unspecified atom stereocenters. The molecule has 0 heterocycles. The quantitative estimate of drug-likeness (QED) is 0.680. The number of hydrogen-bond donors (Lipinski definition) is 1. The lowest BCUT2D eigenvalue weighted by Crippen LogP contribution is -2.41. The maximum Gasteiger partial charge on any atom is 0.346 e. The fourth-order valence-electron chi connectivity index (χ4n) is 2.21. The molecule has 0 amide bonds. The van der Waals surface area contributed by atoms with Gasteiger partial charge in [0.15, 0.2) is 0 Å². The summed E-state index contributed by atoms with van der Waals surface area (Å²) in [6, 6.07) is 8.48. The van der Waals surface area contributed by atoms with Crippen molar-refractivity contribution in [3.8, 4) is 0 Å². The second-order valence-electron chi connectivity index (χ2n) is 4.59. The highest BCUT2D eigenvalue weighted by Crippen LogP contribution is 2.40. The fourth-order valence-corrected chi connectivity index (χ4v) is 2.21. The number of rotatable bonds is 3. The number of hydrogen-bond acceptors (Lipinski definition) is 3. The summed E-state index contributed by atoms with van der Waals surface area (Å²) in [4.78, 5) is 21.3. The molecular weight excluding hydrogens is 265 g/mol. The Hall–Kier alpha value is -2.50. The first kappa shape index (κ1) is 13.9. The Morgan fingerprint density at radius 3 is 2.50 bits per heavy atom. The van der Waals surface area contributed by atoms with Gasteiger partial charge in [0.2, 0.25) is 5.67 Å². The van der Waals surface area contributed by atoms with Crippen LogP contribution in [-0.2, 0) is 4.79 Å². The molecular formula is C14H12FNO4. The van der Waals surface area contributed by atoms with Crippen molar-refractivity contribution in [2.45, 2.75) is 12.6 Å². The summed E-state index contributed by atoms with van der Waals surface area (Å²) in [6.07, 6.45) is 1.78. The minimum Gasteiger partial charge on any atom is -0.479 e. The van der Waals surface area contributed by atoms with Crippen molar-refractivity contribution in [2.75, 3.05) is 0 Å². The summed E-state index contributed by atoms with van der Waals surface area (Å²) in [5, 5.41) is 19.9. The molecule has 0 spiro atoms. The van der Waals surface area contributed by atoms with Crippen LogP contribution in [0.3, 0.4) is 0 Å². The normalized spacial score (nSPS) is 25.6. The number of benzene rings is 1. The molecule has 0 fully saturated rings. The van der Waals surface area contributed by atoms with E-state index in [1.54, 1.807) is 30.3 Å². The minimum absolute atomic E-state index is 0.296. The van der Waals surface area contributed by atoms with Crippen LogP contribution in [0.25, 0.3) is 5.57 Å². The highest BCUT2D eigenvalue weighted by Gasteiger charge is 2.48. The third-order valence-corrected chi connectivity index (χ3v) is 3.40. The van der Waals surface area contributed by atoms with Crippen molar-refractivity contribution in [2.24, 2.45) is 5.92 Å². The molecule has 1 N–H and O–H groups in total. The van der Waals surface area contributed by atoms with Crippen LogP contribution in [0.5, 0.6) is 0 Å². The van der Waals surface area contributed by atoms with Crippen molar-refractivity contribution >= 4 is 11.5 Å². The molecule has 6 heteroatoms. The number of aliphatic carboxylic acids is 1. The van der Waals surface area contributed by atoms with Crippen molar-refractivity contribution in [3.05, 3.63) is 63.9 Å². The van der Waals surface area contributed by atoms with Gasteiger partial charge in [-0.1, -0.05) is 37.3 Å². The average Bonchev–Trinajstić information content (AvgIpc) is 2.42. The van der Waals surface area contributed by atoms with Crippen LogP contribution in [0.4, 0.5) is 4.39 Å². The molecule has 0 saturated carbocycles. The standard InChI is InChI=1S/C14H12FNO4/c1-9-12(10-5-3-2-4-6-10)7-11(16(19)20)8-14(9,15)13(17)18/h2-9H,1H3,(H,17,18). The van der Waals surface area contributed by atoms with Crippen molar-refractivity contribution in [1.82, 2.24) is 0 Å². The summed E-state index contributed by atoms with van der Waals surface area (Å²) < 4.78 is 14.6. The summed E-state index contributed by atoms with van der Waals surface area (Å²) in [5.74, 6) is -2.75. The molecule has 0 aromatic heterocycles. The molecule has 5 nitrogen and oxygen atoms in total. The summed E-state index contributed by atoms with van der Waals surface area (Å²) in [6.45, 7) is 1.40. The lowest BCUT2D eigenvalue weighted by atomic mass is 9.77. The molecule has 1 aliphatic carbocycles. The topological polar surface area (TPSA) is 80.4 Å². The number of halogens is 1. The van der Waals surface area contributed by atoms with E-state index >= 15 is 0 Å². The third kappa shape index (κ3) is 2.20. The maximum absolute atomic E-state index is 14.6. The number of carbonyl (C=O) groups is 1. The molecule has 0 saturated heterocycles. The Morgan fingerprint density at radius 1 is 1.40 bits per heavy atom. The molecule has 0 aliphatic heterocycles. The van der Waals surface area contributed by atoms with Gasteiger partial charge in [-0.15, -0.1) is 0 Å². The minimum atomic E-state index is -2.79. The highest BCUT2D eigenvalue weighted by molar-refractivity contribution is 5.87. The Kier molecular flexibility index (Phi) is 3.40. The number of allylic oxidation sites excluding steroid dienone is 2. The molecule has 0 bridgehead atoms. The third-order valence-electron chi connectivity index (χ3n) is 3.40. The van der Waals surface area contributed by atoms with Gasteiger partial charge in [0, 0.05) is 18.1 Å². The van der Waals surface area contributed by atoms with Crippen molar-refractivity contribution in [1.29, 1.82) is 0 Å². The van der Waals surface area contributed by atoms with Crippen LogP contribution in [0.1, 0.15) is 12.5 Å². The zero-order valence-electron chi connectivity index (χ0n) is 10.6. The van der Waals surface area contributed by atoms with Gasteiger partial charge in [-0.2, -0.15) is 0 Å². The summed E-state index contributed by atoms with van der Waals surface area (Å²) in [7, 11) is 0. The summed E-state index contributed by atoms with van der Waals surface area (Å²) in [5.41, 5.74) is -2.48. The monoisotopic (exact) mass is 277 g/mol. The van der Waals surface area contributed by atoms with Gasteiger partial charge in [0.1, 0.15) is 0 Å². The van der Waals surface area contributed by atoms with Crippen LogP contribution >= 0.6 is 0 Å². The number of carboxylic acids is 1. The second-order valence-corrected chi connectivity index (χ2v) is 4.59. The Labute approximate surface area is 114 Å². The average molecular weight is 277 g/mol. The van der Waals surface area contributed by atoms with Crippen LogP contribution in [-0.4, -0.2) is 21.7 Å². The van der Waals surface area contributed by atoms with E-state index in [1.165, 1.54) is 13.0 Å². The van der Waals surface area contributed by atoms with E-state index in [0.29, 0.717) is 17.2 Å². The van der Waals surface area contributed by atoms with E-state index in [-0.39, 0.29) is 0 Å². The van der Waals surface area contributed by atoms with Gasteiger partial charge in [0.05, 0.1) is 4.92 Å². The first-order valence-electron chi connectivity index (χ1n) is 5.93. The molecule has 2 atom stereocenters. The van der Waals surface area contributed by atoms with E-state index in [4.69, 9.17) is 5.11 Å². The van der Waals surface area contributed by atoms with E-state index in [1.807, 2.05) is 0 Å². The number of carboxylic acid groups (broad SMARTS) is 1. The molecule has 1 aromatic carbocycles.